The Morgan fingerprint density at radius 2 is 1.94 bits per heavy atom. The first-order chi connectivity index (χ1) is 8.71. The Balaban J connectivity index is 2.60. The Morgan fingerprint density at radius 3 is 2.44 bits per heavy atom. The zero-order valence-corrected chi connectivity index (χ0v) is 10.5. The quantitative estimate of drug-likeness (QED) is 0.827. The lowest BCUT2D eigenvalue weighted by atomic mass is 10.1. The second-order valence-corrected chi connectivity index (χ2v) is 4.05. The zero-order valence-electron chi connectivity index (χ0n) is 10.5. The van der Waals surface area contributed by atoms with Gasteiger partial charge in [-0.15, -0.1) is 0 Å². The average Bonchev–Trinajstić information content (AvgIpc) is 2.43. The van der Waals surface area contributed by atoms with Crippen molar-refractivity contribution in [2.75, 3.05) is 19.6 Å². The first-order valence-electron chi connectivity index (χ1n) is 5.98. The molecule has 18 heavy (non-hydrogen) atoms. The van der Waals surface area contributed by atoms with E-state index in [1.165, 1.54) is 0 Å². The minimum Gasteiger partial charge on any atom is -0.387 e. The molecule has 0 aliphatic rings. The molecule has 0 spiro atoms. The van der Waals surface area contributed by atoms with Crippen molar-refractivity contribution < 1.29 is 5.11 Å². The number of nitrogens with zero attached hydrogens (tertiary/aromatic N) is 3. The minimum atomic E-state index is -0.587. The molecule has 1 N–H and O–H groups in total. The van der Waals surface area contributed by atoms with Crippen molar-refractivity contribution in [3.8, 4) is 12.1 Å². The molecule has 1 rings (SSSR count). The summed E-state index contributed by atoms with van der Waals surface area (Å²) in [5, 5.41) is 27.3. The van der Waals surface area contributed by atoms with E-state index in [1.54, 1.807) is 24.3 Å². The summed E-state index contributed by atoms with van der Waals surface area (Å²) in [5.74, 6) is 0. The molecule has 1 atom stereocenters. The standard InChI is InChI=1S/C14H17N3O/c1-2-17(9-3-8-15)11-14(18)13-6-4-12(10-16)5-7-13/h4-7,14,18H,2-3,9,11H2,1H3. The predicted molar refractivity (Wildman–Crippen MR) is 68.5 cm³/mol. The van der Waals surface area contributed by atoms with Crippen LogP contribution in [0.2, 0.25) is 0 Å². The van der Waals surface area contributed by atoms with Gasteiger partial charge in [0.05, 0.1) is 23.8 Å². The number of aliphatic hydroxyl groups is 1. The Hall–Kier alpha value is -1.88. The van der Waals surface area contributed by atoms with Crippen molar-refractivity contribution in [3.63, 3.8) is 0 Å². The molecular weight excluding hydrogens is 226 g/mol. The Morgan fingerprint density at radius 1 is 1.28 bits per heavy atom. The monoisotopic (exact) mass is 243 g/mol. The molecule has 0 saturated heterocycles. The van der Waals surface area contributed by atoms with Gasteiger partial charge in [0.25, 0.3) is 0 Å². The van der Waals surface area contributed by atoms with Crippen LogP contribution in [0.15, 0.2) is 24.3 Å². The van der Waals surface area contributed by atoms with E-state index in [1.807, 2.05) is 17.9 Å². The van der Waals surface area contributed by atoms with Gasteiger partial charge in [-0.2, -0.15) is 10.5 Å². The molecule has 1 aromatic rings. The Labute approximate surface area is 108 Å². The highest BCUT2D eigenvalue weighted by Gasteiger charge is 2.12. The molecule has 0 radical (unpaired) electrons. The molecule has 0 aromatic heterocycles. The summed E-state index contributed by atoms with van der Waals surface area (Å²) in [7, 11) is 0. The van der Waals surface area contributed by atoms with Crippen LogP contribution in [0.5, 0.6) is 0 Å². The van der Waals surface area contributed by atoms with Crippen LogP contribution < -0.4 is 0 Å². The molecule has 0 amide bonds. The highest BCUT2D eigenvalue weighted by Crippen LogP contribution is 2.15. The predicted octanol–water partition coefficient (Wildman–Crippen LogP) is 1.83. The highest BCUT2D eigenvalue weighted by molar-refractivity contribution is 5.32. The highest BCUT2D eigenvalue weighted by atomic mass is 16.3. The zero-order chi connectivity index (χ0) is 13.4. The molecule has 0 fully saturated rings. The van der Waals surface area contributed by atoms with Gasteiger partial charge in [0.15, 0.2) is 0 Å². The van der Waals surface area contributed by atoms with E-state index in [0.29, 0.717) is 25.1 Å². The van der Waals surface area contributed by atoms with Crippen LogP contribution in [0, 0.1) is 22.7 Å². The van der Waals surface area contributed by atoms with Crippen LogP contribution in [0.3, 0.4) is 0 Å². The number of hydrogen-bond acceptors (Lipinski definition) is 4. The third kappa shape index (κ3) is 4.18. The molecule has 4 heteroatoms. The lowest BCUT2D eigenvalue weighted by Crippen LogP contribution is -2.29. The first-order valence-corrected chi connectivity index (χ1v) is 5.98. The lowest BCUT2D eigenvalue weighted by Gasteiger charge is -2.22. The van der Waals surface area contributed by atoms with Gasteiger partial charge < -0.3 is 5.11 Å². The molecule has 0 bridgehead atoms. The molecule has 4 nitrogen and oxygen atoms in total. The number of rotatable bonds is 6. The second kappa shape index (κ2) is 7.45. The Bertz CT molecular complexity index is 442. The lowest BCUT2D eigenvalue weighted by molar-refractivity contribution is 0.117. The Kier molecular flexibility index (Phi) is 5.87. The van der Waals surface area contributed by atoms with Crippen LogP contribution >= 0.6 is 0 Å². The fourth-order valence-electron chi connectivity index (χ4n) is 1.72. The summed E-state index contributed by atoms with van der Waals surface area (Å²) in [6, 6.07) is 11.1. The molecule has 0 aliphatic heterocycles. The topological polar surface area (TPSA) is 71.1 Å². The van der Waals surface area contributed by atoms with Crippen LogP contribution in [-0.4, -0.2) is 29.6 Å². The van der Waals surface area contributed by atoms with E-state index >= 15 is 0 Å². The maximum atomic E-state index is 10.1. The molecule has 1 unspecified atom stereocenters. The van der Waals surface area contributed by atoms with Gasteiger partial charge in [-0.3, -0.25) is 4.90 Å². The largest absolute Gasteiger partial charge is 0.387 e. The number of aliphatic hydroxyl groups excluding tert-OH is 1. The molecule has 94 valence electrons. The third-order valence-electron chi connectivity index (χ3n) is 2.84. The van der Waals surface area contributed by atoms with Crippen molar-refractivity contribution in [2.45, 2.75) is 19.4 Å². The summed E-state index contributed by atoms with van der Waals surface area (Å²) < 4.78 is 0. The SMILES string of the molecule is CCN(CCC#N)CC(O)c1ccc(C#N)cc1. The minimum absolute atomic E-state index is 0.466. The van der Waals surface area contributed by atoms with E-state index in [4.69, 9.17) is 10.5 Å². The molecule has 0 heterocycles. The molecule has 0 aliphatic carbocycles. The number of nitriles is 2. The van der Waals surface area contributed by atoms with Crippen LogP contribution in [0.1, 0.15) is 30.6 Å². The van der Waals surface area contributed by atoms with Crippen molar-refractivity contribution >= 4 is 0 Å². The van der Waals surface area contributed by atoms with Gasteiger partial charge >= 0.3 is 0 Å². The van der Waals surface area contributed by atoms with Crippen LogP contribution in [0.25, 0.3) is 0 Å². The third-order valence-corrected chi connectivity index (χ3v) is 2.84. The normalized spacial score (nSPS) is 11.8. The first kappa shape index (κ1) is 14.2. The molecule has 1 aromatic carbocycles. The van der Waals surface area contributed by atoms with Crippen LogP contribution in [0.4, 0.5) is 0 Å². The summed E-state index contributed by atoms with van der Waals surface area (Å²) in [4.78, 5) is 2.03. The molecular formula is C14H17N3O. The number of hydrogen-bond donors (Lipinski definition) is 1. The molecule has 0 saturated carbocycles. The van der Waals surface area contributed by atoms with Gasteiger partial charge in [-0.25, -0.2) is 0 Å². The second-order valence-electron chi connectivity index (χ2n) is 4.05. The van der Waals surface area contributed by atoms with E-state index in [-0.39, 0.29) is 0 Å². The van der Waals surface area contributed by atoms with E-state index in [9.17, 15) is 5.11 Å². The van der Waals surface area contributed by atoms with Gasteiger partial charge in [0.2, 0.25) is 0 Å². The van der Waals surface area contributed by atoms with Crippen LogP contribution in [-0.2, 0) is 0 Å². The summed E-state index contributed by atoms with van der Waals surface area (Å²) in [5.41, 5.74) is 1.38. The van der Waals surface area contributed by atoms with Crippen molar-refractivity contribution in [1.82, 2.24) is 4.90 Å². The van der Waals surface area contributed by atoms with Gasteiger partial charge in [-0.1, -0.05) is 19.1 Å². The fourth-order valence-corrected chi connectivity index (χ4v) is 1.72. The van der Waals surface area contributed by atoms with E-state index in [0.717, 1.165) is 12.1 Å². The van der Waals surface area contributed by atoms with Crippen molar-refractivity contribution in [3.05, 3.63) is 35.4 Å². The van der Waals surface area contributed by atoms with Gasteiger partial charge in [0, 0.05) is 19.5 Å². The summed E-state index contributed by atoms with van der Waals surface area (Å²) in [6.45, 7) is 3.97. The van der Waals surface area contributed by atoms with Gasteiger partial charge in [-0.05, 0) is 24.2 Å². The number of benzene rings is 1. The van der Waals surface area contributed by atoms with E-state index in [2.05, 4.69) is 6.07 Å². The maximum Gasteiger partial charge on any atom is 0.0991 e. The maximum absolute atomic E-state index is 10.1. The summed E-state index contributed by atoms with van der Waals surface area (Å²) >= 11 is 0. The number of likely N-dealkylation sites (N-methyl/N-ethyl adjacent to an activating group) is 1. The van der Waals surface area contributed by atoms with Crippen molar-refractivity contribution in [1.29, 1.82) is 10.5 Å². The van der Waals surface area contributed by atoms with Gasteiger partial charge in [0.1, 0.15) is 0 Å². The smallest absolute Gasteiger partial charge is 0.0991 e. The summed E-state index contributed by atoms with van der Waals surface area (Å²) in [6.07, 6.45) is -0.120. The van der Waals surface area contributed by atoms with E-state index < -0.39 is 6.10 Å². The average molecular weight is 243 g/mol. The van der Waals surface area contributed by atoms with Crippen molar-refractivity contribution in [2.24, 2.45) is 0 Å². The fraction of sp³-hybridized carbons (Fsp3) is 0.429.